The number of carbonyl (C=O) groups excluding carboxylic acids is 1. The van der Waals surface area contributed by atoms with Crippen molar-refractivity contribution >= 4 is 17.6 Å². The van der Waals surface area contributed by atoms with Crippen molar-refractivity contribution in [3.05, 3.63) is 29.6 Å². The molecule has 1 fully saturated rings. The van der Waals surface area contributed by atoms with Crippen molar-refractivity contribution in [3.8, 4) is 0 Å². The highest BCUT2D eigenvalue weighted by molar-refractivity contribution is 5.95. The van der Waals surface area contributed by atoms with E-state index in [1.165, 1.54) is 12.1 Å². The molecule has 0 radical (unpaired) electrons. The van der Waals surface area contributed by atoms with E-state index in [1.54, 1.807) is 0 Å². The average molecular weight is 266 g/mol. The zero-order valence-electron chi connectivity index (χ0n) is 10.3. The molecule has 0 saturated heterocycles. The molecule has 1 amide bonds. The van der Waals surface area contributed by atoms with Crippen molar-refractivity contribution in [2.45, 2.75) is 19.3 Å². The Balaban J connectivity index is 2.01. The van der Waals surface area contributed by atoms with Gasteiger partial charge >= 0.3 is 5.97 Å². The first kappa shape index (κ1) is 13.3. The molecule has 1 aromatic rings. The number of aliphatic carboxylic acids is 1. The second-order valence-electron chi connectivity index (χ2n) is 4.86. The van der Waals surface area contributed by atoms with E-state index in [1.807, 2.05) is 0 Å². The van der Waals surface area contributed by atoms with E-state index in [4.69, 9.17) is 10.8 Å². The Bertz CT molecular complexity index is 527. The lowest BCUT2D eigenvalue weighted by Gasteiger charge is -2.37. The molecule has 1 saturated carbocycles. The van der Waals surface area contributed by atoms with Crippen molar-refractivity contribution in [1.82, 2.24) is 5.32 Å². The van der Waals surface area contributed by atoms with Gasteiger partial charge in [-0.25, -0.2) is 4.39 Å². The molecule has 102 valence electrons. The number of halogens is 1. The molecule has 0 aromatic heterocycles. The normalized spacial score (nSPS) is 16.5. The van der Waals surface area contributed by atoms with E-state index >= 15 is 0 Å². The number of nitrogens with two attached hydrogens (primary N) is 1. The van der Waals surface area contributed by atoms with E-state index < -0.39 is 23.1 Å². The number of nitrogens with one attached hydrogen (secondary N) is 1. The Labute approximate surface area is 109 Å². The fourth-order valence-corrected chi connectivity index (χ4v) is 2.09. The highest BCUT2D eigenvalue weighted by Gasteiger charge is 2.44. The predicted octanol–water partition coefficient (Wildman–Crippen LogP) is 1.39. The zero-order valence-corrected chi connectivity index (χ0v) is 10.3. The third-order valence-electron chi connectivity index (χ3n) is 3.61. The summed E-state index contributed by atoms with van der Waals surface area (Å²) < 4.78 is 13.2. The molecule has 1 aliphatic carbocycles. The standard InChI is InChI=1S/C13H15FN2O3/c14-9-6-8(2-3-10(9)15)11(17)16-7-13(12(18)19)4-1-5-13/h2-3,6H,1,4-5,7,15H2,(H,16,17)(H,18,19). The van der Waals surface area contributed by atoms with Gasteiger partial charge in [0.05, 0.1) is 11.1 Å². The molecule has 5 nitrogen and oxygen atoms in total. The number of rotatable bonds is 4. The second-order valence-corrected chi connectivity index (χ2v) is 4.86. The zero-order chi connectivity index (χ0) is 14.0. The van der Waals surface area contributed by atoms with E-state index in [0.717, 1.165) is 12.5 Å². The van der Waals surface area contributed by atoms with Gasteiger partial charge in [-0.15, -0.1) is 0 Å². The van der Waals surface area contributed by atoms with E-state index in [9.17, 15) is 14.0 Å². The second kappa shape index (κ2) is 4.87. The SMILES string of the molecule is Nc1ccc(C(=O)NCC2(C(=O)O)CCC2)cc1F. The van der Waals surface area contributed by atoms with Crippen LogP contribution in [0.2, 0.25) is 0 Å². The van der Waals surface area contributed by atoms with Gasteiger partial charge in [-0.3, -0.25) is 9.59 Å². The van der Waals surface area contributed by atoms with Gasteiger partial charge in [-0.05, 0) is 31.0 Å². The van der Waals surface area contributed by atoms with Crippen LogP contribution in [0.3, 0.4) is 0 Å². The largest absolute Gasteiger partial charge is 0.481 e. The van der Waals surface area contributed by atoms with Crippen LogP contribution in [0, 0.1) is 11.2 Å². The van der Waals surface area contributed by atoms with Gasteiger partial charge in [0, 0.05) is 12.1 Å². The van der Waals surface area contributed by atoms with Crippen LogP contribution in [0.15, 0.2) is 18.2 Å². The third kappa shape index (κ3) is 2.52. The van der Waals surface area contributed by atoms with Gasteiger partial charge in [-0.1, -0.05) is 6.42 Å². The van der Waals surface area contributed by atoms with Gasteiger partial charge in [0.15, 0.2) is 0 Å². The summed E-state index contributed by atoms with van der Waals surface area (Å²) in [5, 5.41) is 11.7. The Morgan fingerprint density at radius 3 is 2.58 bits per heavy atom. The Morgan fingerprint density at radius 2 is 2.11 bits per heavy atom. The summed E-state index contributed by atoms with van der Waals surface area (Å²) in [5.41, 5.74) is 4.56. The van der Waals surface area contributed by atoms with Crippen LogP contribution in [0.1, 0.15) is 29.6 Å². The minimum atomic E-state index is -0.900. The fraction of sp³-hybridized carbons (Fsp3) is 0.385. The summed E-state index contributed by atoms with van der Waals surface area (Å²) in [6, 6.07) is 3.75. The number of anilines is 1. The van der Waals surface area contributed by atoms with Crippen LogP contribution in [0.5, 0.6) is 0 Å². The monoisotopic (exact) mass is 266 g/mol. The maximum Gasteiger partial charge on any atom is 0.311 e. The maximum absolute atomic E-state index is 13.2. The van der Waals surface area contributed by atoms with Crippen LogP contribution < -0.4 is 11.1 Å². The molecule has 0 spiro atoms. The lowest BCUT2D eigenvalue weighted by atomic mass is 9.69. The first-order valence-corrected chi connectivity index (χ1v) is 6.01. The van der Waals surface area contributed by atoms with Gasteiger partial charge in [0.2, 0.25) is 0 Å². The van der Waals surface area contributed by atoms with Crippen molar-refractivity contribution in [3.63, 3.8) is 0 Å². The summed E-state index contributed by atoms with van der Waals surface area (Å²) in [4.78, 5) is 22.9. The summed E-state index contributed by atoms with van der Waals surface area (Å²) in [6.45, 7) is 0.0627. The van der Waals surface area contributed by atoms with Crippen LogP contribution in [-0.4, -0.2) is 23.5 Å². The lowest BCUT2D eigenvalue weighted by molar-refractivity contribution is -0.153. The third-order valence-corrected chi connectivity index (χ3v) is 3.61. The number of carbonyl (C=O) groups is 2. The number of hydrogen-bond donors (Lipinski definition) is 3. The van der Waals surface area contributed by atoms with E-state index in [-0.39, 0.29) is 17.8 Å². The summed E-state index contributed by atoms with van der Waals surface area (Å²) in [6.07, 6.45) is 1.95. The van der Waals surface area contributed by atoms with Crippen LogP contribution in [0.4, 0.5) is 10.1 Å². The number of carboxylic acid groups (broad SMARTS) is 1. The average Bonchev–Trinajstić information content (AvgIpc) is 2.30. The number of nitrogen functional groups attached to an aromatic ring is 1. The van der Waals surface area contributed by atoms with Crippen molar-refractivity contribution in [1.29, 1.82) is 0 Å². The van der Waals surface area contributed by atoms with E-state index in [2.05, 4.69) is 5.32 Å². The molecule has 0 unspecified atom stereocenters. The smallest absolute Gasteiger partial charge is 0.311 e. The molecule has 1 aliphatic rings. The predicted molar refractivity (Wildman–Crippen MR) is 67.1 cm³/mol. The molecule has 0 bridgehead atoms. The van der Waals surface area contributed by atoms with E-state index in [0.29, 0.717) is 12.8 Å². The topological polar surface area (TPSA) is 92.4 Å². The molecular weight excluding hydrogens is 251 g/mol. The fourth-order valence-electron chi connectivity index (χ4n) is 2.09. The molecule has 0 atom stereocenters. The van der Waals surface area contributed by atoms with Crippen LogP contribution in [-0.2, 0) is 4.79 Å². The Morgan fingerprint density at radius 1 is 1.42 bits per heavy atom. The van der Waals surface area contributed by atoms with Gasteiger partial charge < -0.3 is 16.2 Å². The highest BCUT2D eigenvalue weighted by atomic mass is 19.1. The number of benzene rings is 1. The number of amides is 1. The molecule has 6 heteroatoms. The number of carboxylic acids is 1. The van der Waals surface area contributed by atoms with Crippen molar-refractivity contribution in [2.24, 2.45) is 5.41 Å². The van der Waals surface area contributed by atoms with Crippen molar-refractivity contribution < 1.29 is 19.1 Å². The molecule has 4 N–H and O–H groups in total. The van der Waals surface area contributed by atoms with Gasteiger partial charge in [0.1, 0.15) is 5.82 Å². The minimum Gasteiger partial charge on any atom is -0.481 e. The van der Waals surface area contributed by atoms with Crippen LogP contribution >= 0.6 is 0 Å². The highest BCUT2D eigenvalue weighted by Crippen LogP contribution is 2.40. The summed E-state index contributed by atoms with van der Waals surface area (Å²) in [5.74, 6) is -2.06. The molecule has 0 heterocycles. The van der Waals surface area contributed by atoms with Gasteiger partial charge in [0.25, 0.3) is 5.91 Å². The minimum absolute atomic E-state index is 0.0300. The Hall–Kier alpha value is -2.11. The molecule has 1 aromatic carbocycles. The van der Waals surface area contributed by atoms with Crippen LogP contribution in [0.25, 0.3) is 0 Å². The summed E-state index contributed by atoms with van der Waals surface area (Å²) in [7, 11) is 0. The molecular formula is C13H15FN2O3. The van der Waals surface area contributed by atoms with Gasteiger partial charge in [-0.2, -0.15) is 0 Å². The molecule has 2 rings (SSSR count). The summed E-state index contributed by atoms with van der Waals surface area (Å²) >= 11 is 0. The molecule has 0 aliphatic heterocycles. The Kier molecular flexibility index (Phi) is 3.42. The quantitative estimate of drug-likeness (QED) is 0.718. The molecule has 19 heavy (non-hydrogen) atoms. The maximum atomic E-state index is 13.2. The first-order chi connectivity index (χ1) is 8.94. The van der Waals surface area contributed by atoms with Crippen molar-refractivity contribution in [2.75, 3.05) is 12.3 Å². The first-order valence-electron chi connectivity index (χ1n) is 6.01. The lowest BCUT2D eigenvalue weighted by Crippen LogP contribution is -2.47. The number of hydrogen-bond acceptors (Lipinski definition) is 3.